The lowest BCUT2D eigenvalue weighted by Crippen LogP contribution is -1.99. The predicted molar refractivity (Wildman–Crippen MR) is 536 cm³/mol. The van der Waals surface area contributed by atoms with Crippen molar-refractivity contribution in [3.8, 4) is 101 Å². The lowest BCUT2D eigenvalue weighted by Gasteiger charge is -2.16. The normalized spacial score (nSPS) is 12.1. The fourth-order valence-corrected chi connectivity index (χ4v) is 21.2. The molecule has 0 aliphatic heterocycles. The molecular formula is C120H74N8. The van der Waals surface area contributed by atoms with Crippen LogP contribution in [0.5, 0.6) is 0 Å². The molecule has 0 N–H and O–H groups in total. The van der Waals surface area contributed by atoms with E-state index in [0.29, 0.717) is 5.82 Å². The van der Waals surface area contributed by atoms with Crippen LogP contribution in [0.25, 0.3) is 254 Å². The Kier molecular flexibility index (Phi) is 15.7. The zero-order valence-electron chi connectivity index (χ0n) is 69.3. The van der Waals surface area contributed by atoms with E-state index in [1.54, 1.807) is 0 Å². The van der Waals surface area contributed by atoms with Crippen molar-refractivity contribution in [2.24, 2.45) is 0 Å². The number of aromatic nitrogens is 8. The van der Waals surface area contributed by atoms with E-state index < -0.39 is 0 Å². The van der Waals surface area contributed by atoms with Gasteiger partial charge in [0.05, 0.1) is 83.1 Å². The summed E-state index contributed by atoms with van der Waals surface area (Å²) in [5, 5.41) is 17.6. The van der Waals surface area contributed by atoms with E-state index in [-0.39, 0.29) is 0 Å². The molecule has 594 valence electrons. The van der Waals surface area contributed by atoms with Crippen molar-refractivity contribution in [3.05, 3.63) is 449 Å². The van der Waals surface area contributed by atoms with Gasteiger partial charge >= 0.3 is 0 Å². The summed E-state index contributed by atoms with van der Waals surface area (Å²) in [6, 6.07) is 165. The van der Waals surface area contributed by atoms with Crippen molar-refractivity contribution < 1.29 is 0 Å². The van der Waals surface area contributed by atoms with Gasteiger partial charge < -0.3 is 27.4 Å². The van der Waals surface area contributed by atoms with Crippen LogP contribution < -0.4 is 0 Å². The van der Waals surface area contributed by atoms with Gasteiger partial charge in [-0.1, -0.05) is 255 Å². The van der Waals surface area contributed by atoms with Crippen LogP contribution in [0.1, 0.15) is 0 Å². The monoisotopic (exact) mass is 1630 g/mol. The molecule has 20 aromatic carbocycles. The van der Waals surface area contributed by atoms with Gasteiger partial charge in [-0.2, -0.15) is 0 Å². The van der Waals surface area contributed by atoms with Crippen molar-refractivity contribution in [2.75, 3.05) is 0 Å². The Labute approximate surface area is 735 Å². The number of hydrogen-bond acceptors (Lipinski definition) is 2. The van der Waals surface area contributed by atoms with E-state index in [2.05, 4.69) is 476 Å². The molecule has 0 fully saturated rings. The van der Waals surface area contributed by atoms with Gasteiger partial charge in [0.15, 0.2) is 5.82 Å². The van der Waals surface area contributed by atoms with Gasteiger partial charge in [0.25, 0.3) is 0 Å². The molecule has 0 aliphatic rings. The molecule has 27 rings (SSSR count). The van der Waals surface area contributed by atoms with Gasteiger partial charge in [0.2, 0.25) is 0 Å². The van der Waals surface area contributed by atoms with E-state index in [1.165, 1.54) is 98.0 Å². The van der Waals surface area contributed by atoms with Crippen LogP contribution in [0.2, 0.25) is 0 Å². The quantitative estimate of drug-likeness (QED) is 0.122. The Bertz CT molecular complexity index is 8890. The second-order valence-corrected chi connectivity index (χ2v) is 33.9. The molecule has 0 aliphatic carbocycles. The first-order chi connectivity index (χ1) is 63.5. The fraction of sp³-hybridized carbons (Fsp3) is 0. The molecule has 0 unspecified atom stereocenters. The van der Waals surface area contributed by atoms with Crippen LogP contribution in [0.3, 0.4) is 0 Å². The second-order valence-electron chi connectivity index (χ2n) is 33.9. The molecule has 0 radical (unpaired) electrons. The number of hydrogen-bond donors (Lipinski definition) is 0. The summed E-state index contributed by atoms with van der Waals surface area (Å²) < 4.78 is 14.5. The highest BCUT2D eigenvalue weighted by Crippen LogP contribution is 2.48. The summed E-state index contributed by atoms with van der Waals surface area (Å²) in [6.07, 6.45) is 0. The molecule has 7 aromatic heterocycles. The molecule has 0 saturated heterocycles. The third kappa shape index (κ3) is 11.0. The highest BCUT2D eigenvalue weighted by molar-refractivity contribution is 6.19. The molecule has 0 saturated carbocycles. The third-order valence-corrected chi connectivity index (χ3v) is 27.0. The van der Waals surface area contributed by atoms with Crippen molar-refractivity contribution in [2.45, 2.75) is 0 Å². The van der Waals surface area contributed by atoms with Crippen molar-refractivity contribution in [1.29, 1.82) is 0 Å². The molecule has 27 aromatic rings. The largest absolute Gasteiger partial charge is 0.309 e. The summed E-state index contributed by atoms with van der Waals surface area (Å²) >= 11 is 0. The lowest BCUT2D eigenvalue weighted by molar-refractivity contribution is 1.17. The van der Waals surface area contributed by atoms with Crippen LogP contribution in [-0.2, 0) is 0 Å². The third-order valence-electron chi connectivity index (χ3n) is 27.0. The average Bonchev–Trinajstić information content (AvgIpc) is 1.55. The van der Waals surface area contributed by atoms with Gasteiger partial charge in [-0.3, -0.25) is 0 Å². The maximum Gasteiger partial charge on any atom is 0.160 e. The summed E-state index contributed by atoms with van der Waals surface area (Å²) in [7, 11) is 0. The minimum atomic E-state index is 0.642. The standard InChI is InChI=1S/C120H74N8/c1-5-27-84(28-6-1)123-106-44-21-16-38-91(106)97-67-75(48-57-111(97)123)79-52-61-115-101(71-79)102-72-80(76-49-58-112-98(68-76)92-39-17-22-45-107(92)124(112)85-29-7-2-8-30-85)53-62-116(102)127(115)88-35-25-26-83(66-88)120-121-105-43-20-15-42-96(105)119(122-120)95-56-65-110(90-37-14-13-36-89(90)95)128-117-63-54-81(77-50-59-113-99(69-77)93-40-18-23-46-108(93)125(113)86-31-9-3-10-32-86)73-103(117)104-74-82(55-64-118(104)128)78-51-60-114-100(70-78)94-41-19-24-47-109(94)126(114)87-33-11-4-12-34-87/h1-74H. The molecule has 8 heteroatoms. The van der Waals surface area contributed by atoms with E-state index in [0.717, 1.165) is 150 Å². The Morgan fingerprint density at radius 3 is 0.742 bits per heavy atom. The van der Waals surface area contributed by atoms with E-state index >= 15 is 0 Å². The van der Waals surface area contributed by atoms with Crippen LogP contribution in [0.4, 0.5) is 0 Å². The molecule has 128 heavy (non-hydrogen) atoms. The molecular weight excluding hydrogens is 1550 g/mol. The highest BCUT2D eigenvalue weighted by Gasteiger charge is 2.26. The molecule has 7 heterocycles. The van der Waals surface area contributed by atoms with Crippen molar-refractivity contribution in [3.63, 3.8) is 0 Å². The second kappa shape index (κ2) is 28.2. The summed E-state index contributed by atoms with van der Waals surface area (Å²) in [4.78, 5) is 11.3. The van der Waals surface area contributed by atoms with Gasteiger partial charge in [0.1, 0.15) is 0 Å². The molecule has 0 spiro atoms. The fourth-order valence-electron chi connectivity index (χ4n) is 21.2. The smallest absolute Gasteiger partial charge is 0.160 e. The molecule has 0 atom stereocenters. The van der Waals surface area contributed by atoms with Crippen LogP contribution in [-0.4, -0.2) is 37.4 Å². The average molecular weight is 1630 g/mol. The molecule has 0 amide bonds. The maximum absolute atomic E-state index is 5.79. The van der Waals surface area contributed by atoms with E-state index in [4.69, 9.17) is 9.97 Å². The highest BCUT2D eigenvalue weighted by atomic mass is 15.0. The maximum atomic E-state index is 5.79. The molecule has 8 nitrogen and oxygen atoms in total. The first-order valence-electron chi connectivity index (χ1n) is 43.9. The number of para-hydroxylation sites is 9. The Hall–Kier alpha value is -17.2. The summed E-state index contributed by atoms with van der Waals surface area (Å²) in [5.74, 6) is 0.642. The van der Waals surface area contributed by atoms with Gasteiger partial charge in [-0.25, -0.2) is 9.97 Å². The number of nitrogens with zero attached hydrogens (tertiary/aromatic N) is 8. The summed E-state index contributed by atoms with van der Waals surface area (Å²) in [5.41, 5.74) is 33.4. The van der Waals surface area contributed by atoms with E-state index in [1.807, 2.05) is 0 Å². The number of rotatable bonds is 12. The summed E-state index contributed by atoms with van der Waals surface area (Å²) in [6.45, 7) is 0. The van der Waals surface area contributed by atoms with E-state index in [9.17, 15) is 0 Å². The Balaban J connectivity index is 0.606. The van der Waals surface area contributed by atoms with Crippen LogP contribution >= 0.6 is 0 Å². The number of fused-ring (bicyclic) bond motifs is 20. The first kappa shape index (κ1) is 71.4. The first-order valence-corrected chi connectivity index (χ1v) is 43.9. The zero-order valence-corrected chi connectivity index (χ0v) is 69.3. The SMILES string of the molecule is c1ccc(-n2c3ccccc3c3cc(-c4ccc5c(c4)c4cc(-c6ccc7c(c6)c6ccccc6n7-c6ccccc6)ccc4n5-c4cccc(-c5nc(-c6ccc(-n7c8ccc(-c9ccc%10c(c9)c9ccccc9n%10-c9ccccc9)cc8c8cc(-c9ccc%10c(c9)c9ccccc9n%10-c9ccccc9)ccc87)c7ccccc67)c6ccccc6n5)c4)ccc32)cc1. The van der Waals surface area contributed by atoms with Crippen molar-refractivity contribution in [1.82, 2.24) is 37.4 Å². The topological polar surface area (TPSA) is 55.4 Å². The van der Waals surface area contributed by atoms with Gasteiger partial charge in [0, 0.05) is 115 Å². The Morgan fingerprint density at radius 1 is 0.141 bits per heavy atom. The van der Waals surface area contributed by atoms with Crippen molar-refractivity contribution >= 4 is 153 Å². The van der Waals surface area contributed by atoms with Crippen LogP contribution in [0.15, 0.2) is 449 Å². The zero-order chi connectivity index (χ0) is 83.8. The minimum absolute atomic E-state index is 0.642. The predicted octanol–water partition coefficient (Wildman–Crippen LogP) is 31.4. The lowest BCUT2D eigenvalue weighted by atomic mass is 9.97. The van der Waals surface area contributed by atoms with Gasteiger partial charge in [-0.15, -0.1) is 0 Å². The van der Waals surface area contributed by atoms with Crippen LogP contribution in [0, 0.1) is 0 Å². The minimum Gasteiger partial charge on any atom is -0.309 e. The molecule has 0 bridgehead atoms. The number of benzene rings is 20. The Morgan fingerprint density at radius 2 is 0.398 bits per heavy atom. The van der Waals surface area contributed by atoms with Gasteiger partial charge in [-0.05, 0) is 244 Å².